The number of carbonyl (C=O) groups excluding carboxylic acids is 3. The Balaban J connectivity index is 1.43. The number of hydrogen-bond donors (Lipinski definition) is 0. The van der Waals surface area contributed by atoms with Crippen molar-refractivity contribution in [2.24, 2.45) is 0 Å². The molecule has 0 bridgehead atoms. The Morgan fingerprint density at radius 2 is 1.91 bits per heavy atom. The molecule has 174 valence electrons. The molecule has 1 saturated heterocycles. The number of nitrogens with zero attached hydrogens (tertiary/aromatic N) is 1. The van der Waals surface area contributed by atoms with Gasteiger partial charge in [0.05, 0.1) is 23.0 Å². The largest absolute Gasteiger partial charge is 0.488 e. The third kappa shape index (κ3) is 5.73. The van der Waals surface area contributed by atoms with Crippen LogP contribution in [0.25, 0.3) is 6.08 Å². The molecule has 1 aliphatic rings. The van der Waals surface area contributed by atoms with Gasteiger partial charge in [-0.2, -0.15) is 0 Å². The maximum Gasteiger partial charge on any atom is 0.373 e. The first-order valence-electron chi connectivity index (χ1n) is 9.93. The fraction of sp³-hybridized carbons (Fsp3) is 0.125. The summed E-state index contributed by atoms with van der Waals surface area (Å²) in [5.41, 5.74) is 1.80. The van der Waals surface area contributed by atoms with E-state index < -0.39 is 17.1 Å². The van der Waals surface area contributed by atoms with Gasteiger partial charge < -0.3 is 13.9 Å². The van der Waals surface area contributed by atoms with Crippen LogP contribution in [0.3, 0.4) is 0 Å². The summed E-state index contributed by atoms with van der Waals surface area (Å²) in [7, 11) is 1.24. The molecule has 0 aliphatic carbocycles. The van der Waals surface area contributed by atoms with E-state index >= 15 is 0 Å². The van der Waals surface area contributed by atoms with E-state index in [2.05, 4.69) is 43.3 Å². The third-order valence-electron chi connectivity index (χ3n) is 4.80. The molecule has 0 radical (unpaired) electrons. The first kappa shape index (κ1) is 24.6. The lowest BCUT2D eigenvalue weighted by molar-refractivity contribution is -0.123. The van der Waals surface area contributed by atoms with Crippen LogP contribution in [0.2, 0.25) is 0 Å². The summed E-state index contributed by atoms with van der Waals surface area (Å²) in [5.74, 6) is -0.0726. The zero-order valence-electron chi connectivity index (χ0n) is 17.7. The number of ether oxygens (including phenoxy) is 2. The molecule has 0 unspecified atom stereocenters. The normalized spacial score (nSPS) is 14.7. The summed E-state index contributed by atoms with van der Waals surface area (Å²) >= 11 is 6.61. The molecule has 1 aromatic heterocycles. The van der Waals surface area contributed by atoms with E-state index in [-0.39, 0.29) is 12.3 Å². The zero-order valence-corrected chi connectivity index (χ0v) is 22.3. The molecule has 1 fully saturated rings. The second-order valence-electron chi connectivity index (χ2n) is 7.13. The van der Waals surface area contributed by atoms with Crippen LogP contribution in [0, 0.1) is 3.57 Å². The number of amides is 2. The molecule has 10 heteroatoms. The molecule has 4 rings (SSSR count). The van der Waals surface area contributed by atoms with Gasteiger partial charge in [-0.3, -0.25) is 14.5 Å². The smallest absolute Gasteiger partial charge is 0.373 e. The van der Waals surface area contributed by atoms with Crippen molar-refractivity contribution in [2.45, 2.75) is 13.2 Å². The number of esters is 1. The average Bonchev–Trinajstić information content (AvgIpc) is 3.39. The van der Waals surface area contributed by atoms with Crippen LogP contribution in [-0.4, -0.2) is 29.1 Å². The molecule has 2 heterocycles. The highest BCUT2D eigenvalue weighted by molar-refractivity contribution is 14.1. The molecule has 7 nitrogen and oxygen atoms in total. The van der Waals surface area contributed by atoms with Crippen molar-refractivity contribution in [3.8, 4) is 5.75 Å². The third-order valence-corrected chi connectivity index (χ3v) is 7.04. The topological polar surface area (TPSA) is 86.0 Å². The van der Waals surface area contributed by atoms with E-state index in [1.54, 1.807) is 6.08 Å². The Bertz CT molecular complexity index is 1290. The van der Waals surface area contributed by atoms with Crippen molar-refractivity contribution in [3.05, 3.63) is 90.2 Å². The number of hydrogen-bond acceptors (Lipinski definition) is 7. The number of carbonyl (C=O) groups is 3. The maximum atomic E-state index is 12.8. The lowest BCUT2D eigenvalue weighted by atomic mass is 10.2. The van der Waals surface area contributed by atoms with E-state index in [1.807, 2.05) is 42.5 Å². The van der Waals surface area contributed by atoms with Crippen molar-refractivity contribution in [3.63, 3.8) is 0 Å². The van der Waals surface area contributed by atoms with Crippen LogP contribution < -0.4 is 4.74 Å². The highest BCUT2D eigenvalue weighted by Crippen LogP contribution is 2.35. The molecule has 34 heavy (non-hydrogen) atoms. The molecule has 2 aromatic carbocycles. The van der Waals surface area contributed by atoms with Gasteiger partial charge in [0, 0.05) is 3.57 Å². The van der Waals surface area contributed by atoms with Gasteiger partial charge in [-0.05, 0) is 104 Å². The molecule has 0 saturated carbocycles. The standard InChI is InChI=1S/C24H17BrINO6S/c1-31-23(29)20-9-7-17(33-20)12-27-22(28)21(34-24(27)30)11-15-4-8-19(18(25)10-15)32-13-14-2-5-16(26)6-3-14/h2-11H,12-13H2,1H3/b21-11+. The minimum absolute atomic E-state index is 0.00851. The molecule has 0 atom stereocenters. The fourth-order valence-corrected chi connectivity index (χ4v) is 4.79. The second kappa shape index (κ2) is 10.8. The van der Waals surface area contributed by atoms with Crippen LogP contribution in [-0.2, 0) is 22.7 Å². The highest BCUT2D eigenvalue weighted by Gasteiger charge is 2.35. The summed E-state index contributed by atoms with van der Waals surface area (Å²) in [6.45, 7) is 0.353. The summed E-state index contributed by atoms with van der Waals surface area (Å²) in [5, 5.41) is -0.413. The van der Waals surface area contributed by atoms with Gasteiger partial charge in [0.25, 0.3) is 11.1 Å². The molecular formula is C24H17BrINO6S. The minimum atomic E-state index is -0.628. The summed E-state index contributed by atoms with van der Waals surface area (Å²) < 4.78 is 17.7. The fourth-order valence-electron chi connectivity index (χ4n) is 3.08. The van der Waals surface area contributed by atoms with Crippen LogP contribution in [0.1, 0.15) is 27.4 Å². The quantitative estimate of drug-likeness (QED) is 0.169. The number of benzene rings is 2. The molecule has 1 aliphatic heterocycles. The van der Waals surface area contributed by atoms with E-state index in [0.29, 0.717) is 23.0 Å². The summed E-state index contributed by atoms with van der Waals surface area (Å²) in [6.07, 6.45) is 1.65. The van der Waals surface area contributed by atoms with Crippen LogP contribution in [0.4, 0.5) is 4.79 Å². The monoisotopic (exact) mass is 653 g/mol. The Labute approximate surface area is 221 Å². The van der Waals surface area contributed by atoms with Crippen molar-refractivity contribution >= 4 is 73.5 Å². The number of furan rings is 1. The Kier molecular flexibility index (Phi) is 7.79. The summed E-state index contributed by atoms with van der Waals surface area (Å²) in [4.78, 5) is 38.1. The van der Waals surface area contributed by atoms with E-state index in [4.69, 9.17) is 9.15 Å². The zero-order chi connectivity index (χ0) is 24.2. The molecule has 2 amide bonds. The van der Waals surface area contributed by atoms with Gasteiger partial charge in [0.2, 0.25) is 5.76 Å². The molecule has 0 N–H and O–H groups in total. The van der Waals surface area contributed by atoms with Crippen LogP contribution >= 0.6 is 50.3 Å². The predicted molar refractivity (Wildman–Crippen MR) is 139 cm³/mol. The van der Waals surface area contributed by atoms with Crippen molar-refractivity contribution < 1.29 is 28.3 Å². The summed E-state index contributed by atoms with van der Waals surface area (Å²) in [6, 6.07) is 16.5. The SMILES string of the molecule is COC(=O)c1ccc(CN2C(=O)S/C(=C/c3ccc(OCc4ccc(I)cc4)c(Br)c3)C2=O)o1. The van der Waals surface area contributed by atoms with Crippen molar-refractivity contribution in [1.82, 2.24) is 4.90 Å². The number of imide groups is 1. The van der Waals surface area contributed by atoms with Gasteiger partial charge in [-0.15, -0.1) is 0 Å². The lowest BCUT2D eigenvalue weighted by Crippen LogP contribution is -2.27. The first-order chi connectivity index (χ1) is 16.3. The first-order valence-corrected chi connectivity index (χ1v) is 12.6. The molecular weight excluding hydrogens is 637 g/mol. The molecule has 3 aromatic rings. The van der Waals surface area contributed by atoms with Gasteiger partial charge >= 0.3 is 5.97 Å². The van der Waals surface area contributed by atoms with E-state index in [1.165, 1.54) is 19.2 Å². The predicted octanol–water partition coefficient (Wildman–Crippen LogP) is 6.25. The van der Waals surface area contributed by atoms with Crippen LogP contribution in [0.15, 0.2) is 68.4 Å². The number of halogens is 2. The van der Waals surface area contributed by atoms with Crippen molar-refractivity contribution in [2.75, 3.05) is 7.11 Å². The van der Waals surface area contributed by atoms with E-state index in [9.17, 15) is 14.4 Å². The van der Waals surface area contributed by atoms with Gasteiger partial charge in [-0.25, -0.2) is 4.79 Å². The lowest BCUT2D eigenvalue weighted by Gasteiger charge is -2.10. The number of rotatable bonds is 7. The Hall–Kier alpha value is -2.57. The van der Waals surface area contributed by atoms with Gasteiger partial charge in [0.15, 0.2) is 0 Å². The second-order valence-corrected chi connectivity index (χ2v) is 10.2. The van der Waals surface area contributed by atoms with Gasteiger partial charge in [-0.1, -0.05) is 18.2 Å². The molecule has 0 spiro atoms. The highest BCUT2D eigenvalue weighted by atomic mass is 127. The van der Waals surface area contributed by atoms with E-state index in [0.717, 1.165) is 35.8 Å². The number of thioether (sulfide) groups is 1. The Morgan fingerprint density at radius 1 is 1.15 bits per heavy atom. The van der Waals surface area contributed by atoms with Crippen LogP contribution in [0.5, 0.6) is 5.75 Å². The maximum absolute atomic E-state index is 12.8. The van der Waals surface area contributed by atoms with Gasteiger partial charge in [0.1, 0.15) is 18.1 Å². The van der Waals surface area contributed by atoms with Crippen molar-refractivity contribution in [1.29, 1.82) is 0 Å². The Morgan fingerprint density at radius 3 is 2.62 bits per heavy atom. The minimum Gasteiger partial charge on any atom is -0.488 e. The number of methoxy groups -OCH3 is 1. The average molecular weight is 654 g/mol.